The van der Waals surface area contributed by atoms with Gasteiger partial charge in [0.2, 0.25) is 0 Å². The molecule has 0 spiro atoms. The molecule has 1 fully saturated rings. The topological polar surface area (TPSA) is 54.9 Å². The summed E-state index contributed by atoms with van der Waals surface area (Å²) >= 11 is 7.91. The van der Waals surface area contributed by atoms with Gasteiger partial charge in [-0.05, 0) is 49.1 Å². The maximum absolute atomic E-state index is 6.11. The Balaban J connectivity index is 0.00000392. The van der Waals surface area contributed by atoms with Crippen LogP contribution < -0.4 is 10.6 Å². The summed E-state index contributed by atoms with van der Waals surface area (Å²) in [4.78, 5) is 4.30. The van der Waals surface area contributed by atoms with Crippen molar-refractivity contribution in [1.29, 1.82) is 0 Å². The molecule has 0 aromatic heterocycles. The smallest absolute Gasteiger partial charge is 0.191 e. The van der Waals surface area contributed by atoms with E-state index >= 15 is 0 Å². The van der Waals surface area contributed by atoms with Gasteiger partial charge in [0.1, 0.15) is 0 Å². The molecule has 1 unspecified atom stereocenters. The first-order chi connectivity index (χ1) is 13.2. The van der Waals surface area contributed by atoms with Gasteiger partial charge in [0, 0.05) is 56.8 Å². The second kappa shape index (κ2) is 15.6. The highest BCUT2D eigenvalue weighted by atomic mass is 127. The summed E-state index contributed by atoms with van der Waals surface area (Å²) in [6.07, 6.45) is 5.32. The zero-order valence-electron chi connectivity index (χ0n) is 16.8. The van der Waals surface area contributed by atoms with Crippen molar-refractivity contribution in [3.05, 3.63) is 34.9 Å². The van der Waals surface area contributed by atoms with Crippen molar-refractivity contribution in [3.63, 3.8) is 0 Å². The van der Waals surface area contributed by atoms with E-state index in [4.69, 9.17) is 21.1 Å². The van der Waals surface area contributed by atoms with Gasteiger partial charge < -0.3 is 20.1 Å². The van der Waals surface area contributed by atoms with Gasteiger partial charge in [0.15, 0.2) is 5.96 Å². The summed E-state index contributed by atoms with van der Waals surface area (Å²) in [7, 11) is 1.80. The Bertz CT molecular complexity index is 574. The van der Waals surface area contributed by atoms with Crippen LogP contribution in [0, 0.1) is 5.92 Å². The lowest BCUT2D eigenvalue weighted by Crippen LogP contribution is -2.39. The second-order valence-corrected chi connectivity index (χ2v) is 8.12. The molecular formula is C20H33ClIN3O2S. The van der Waals surface area contributed by atoms with Gasteiger partial charge in [0.05, 0.1) is 0 Å². The molecule has 1 aromatic carbocycles. The van der Waals surface area contributed by atoms with E-state index in [1.165, 1.54) is 5.56 Å². The van der Waals surface area contributed by atoms with Crippen LogP contribution in [0.2, 0.25) is 5.02 Å². The lowest BCUT2D eigenvalue weighted by molar-refractivity contribution is 0.0203. The third kappa shape index (κ3) is 10.0. The number of hydrogen-bond donors (Lipinski definition) is 2. The Labute approximate surface area is 195 Å². The van der Waals surface area contributed by atoms with Gasteiger partial charge in [-0.15, -0.1) is 24.0 Å². The molecule has 1 heterocycles. The van der Waals surface area contributed by atoms with Crippen molar-refractivity contribution < 1.29 is 9.47 Å². The average molecular weight is 542 g/mol. The standard InChI is InChI=1S/C20H32ClN3O2S.HI/c1-22-20(23-9-4-10-26-15-16-7-11-25-12-8-16)24-14-19(27-2)17-5-3-6-18(21)13-17;/h3,5-6,13,16,19H,4,7-12,14-15H2,1-2H3,(H2,22,23,24);1H. The molecule has 0 amide bonds. The van der Waals surface area contributed by atoms with Gasteiger partial charge >= 0.3 is 0 Å². The van der Waals surface area contributed by atoms with Crippen LogP contribution >= 0.6 is 47.3 Å². The van der Waals surface area contributed by atoms with Crippen LogP contribution in [0.3, 0.4) is 0 Å². The van der Waals surface area contributed by atoms with Gasteiger partial charge in [-0.25, -0.2) is 0 Å². The van der Waals surface area contributed by atoms with Crippen molar-refractivity contribution in [2.45, 2.75) is 24.5 Å². The minimum absolute atomic E-state index is 0. The molecule has 28 heavy (non-hydrogen) atoms. The summed E-state index contributed by atoms with van der Waals surface area (Å²) in [5.74, 6) is 1.48. The molecule has 1 aliphatic rings. The predicted octanol–water partition coefficient (Wildman–Crippen LogP) is 4.36. The Hall–Kier alpha value is -0.220. The van der Waals surface area contributed by atoms with E-state index in [-0.39, 0.29) is 24.0 Å². The zero-order valence-corrected chi connectivity index (χ0v) is 20.7. The molecular weight excluding hydrogens is 509 g/mol. The van der Waals surface area contributed by atoms with Crippen LogP contribution in [0.25, 0.3) is 0 Å². The molecule has 2 rings (SSSR count). The molecule has 1 aromatic rings. The summed E-state index contributed by atoms with van der Waals surface area (Å²) in [6, 6.07) is 8.03. The number of aliphatic imine (C=N–C) groups is 1. The summed E-state index contributed by atoms with van der Waals surface area (Å²) in [6.45, 7) is 5.02. The number of benzene rings is 1. The quantitative estimate of drug-likeness (QED) is 0.200. The SMILES string of the molecule is CN=C(NCCCOCC1CCOCC1)NCC(SC)c1cccc(Cl)c1.I. The fraction of sp³-hybridized carbons (Fsp3) is 0.650. The molecule has 0 saturated carbocycles. The van der Waals surface area contributed by atoms with Crippen molar-refractivity contribution in [1.82, 2.24) is 10.6 Å². The lowest BCUT2D eigenvalue weighted by atomic mass is 10.0. The normalized spacial score (nSPS) is 16.3. The Morgan fingerprint density at radius 3 is 2.82 bits per heavy atom. The Kier molecular flexibility index (Phi) is 14.4. The summed E-state index contributed by atoms with van der Waals surface area (Å²) in [5.41, 5.74) is 1.22. The maximum atomic E-state index is 6.11. The van der Waals surface area contributed by atoms with Gasteiger partial charge in [0.25, 0.3) is 0 Å². The Morgan fingerprint density at radius 1 is 1.36 bits per heavy atom. The van der Waals surface area contributed by atoms with Crippen molar-refractivity contribution >= 4 is 53.3 Å². The first-order valence-electron chi connectivity index (χ1n) is 9.61. The second-order valence-electron chi connectivity index (χ2n) is 6.64. The van der Waals surface area contributed by atoms with E-state index in [1.54, 1.807) is 18.8 Å². The molecule has 0 radical (unpaired) electrons. The van der Waals surface area contributed by atoms with E-state index in [9.17, 15) is 0 Å². The third-order valence-corrected chi connectivity index (χ3v) is 5.88. The minimum atomic E-state index is 0. The largest absolute Gasteiger partial charge is 0.381 e. The van der Waals surface area contributed by atoms with Crippen LogP contribution in [-0.2, 0) is 9.47 Å². The zero-order chi connectivity index (χ0) is 19.3. The number of ether oxygens (including phenoxy) is 2. The first-order valence-corrected chi connectivity index (χ1v) is 11.3. The van der Waals surface area contributed by atoms with E-state index in [0.717, 1.165) is 69.8 Å². The third-order valence-electron chi connectivity index (χ3n) is 4.64. The minimum Gasteiger partial charge on any atom is -0.381 e. The van der Waals surface area contributed by atoms with Crippen LogP contribution in [0.4, 0.5) is 0 Å². The van der Waals surface area contributed by atoms with E-state index in [0.29, 0.717) is 11.2 Å². The van der Waals surface area contributed by atoms with Crippen LogP contribution in [0.5, 0.6) is 0 Å². The Morgan fingerprint density at radius 2 is 2.14 bits per heavy atom. The molecule has 5 nitrogen and oxygen atoms in total. The number of nitrogens with one attached hydrogen (secondary N) is 2. The van der Waals surface area contributed by atoms with Gasteiger partial charge in [-0.3, -0.25) is 4.99 Å². The molecule has 0 bridgehead atoms. The van der Waals surface area contributed by atoms with Crippen molar-refractivity contribution in [2.75, 3.05) is 52.8 Å². The van der Waals surface area contributed by atoms with Crippen LogP contribution in [0.15, 0.2) is 29.3 Å². The fourth-order valence-corrected chi connectivity index (χ4v) is 3.87. The molecule has 8 heteroatoms. The number of nitrogens with zero attached hydrogens (tertiary/aromatic N) is 1. The number of rotatable bonds is 10. The predicted molar refractivity (Wildman–Crippen MR) is 131 cm³/mol. The van der Waals surface area contributed by atoms with Crippen molar-refractivity contribution in [2.24, 2.45) is 10.9 Å². The average Bonchev–Trinajstić information content (AvgIpc) is 2.70. The number of guanidine groups is 1. The van der Waals surface area contributed by atoms with Crippen molar-refractivity contribution in [3.8, 4) is 0 Å². The number of thioether (sulfide) groups is 1. The van der Waals surface area contributed by atoms with Gasteiger partial charge in [-0.1, -0.05) is 23.7 Å². The monoisotopic (exact) mass is 541 g/mol. The van der Waals surface area contributed by atoms with E-state index in [2.05, 4.69) is 27.9 Å². The van der Waals surface area contributed by atoms with Gasteiger partial charge in [-0.2, -0.15) is 11.8 Å². The van der Waals surface area contributed by atoms with E-state index in [1.807, 2.05) is 18.2 Å². The highest BCUT2D eigenvalue weighted by Crippen LogP contribution is 2.27. The van der Waals surface area contributed by atoms with Crippen LogP contribution in [-0.4, -0.2) is 58.8 Å². The maximum Gasteiger partial charge on any atom is 0.191 e. The molecule has 1 atom stereocenters. The number of hydrogen-bond acceptors (Lipinski definition) is 4. The fourth-order valence-electron chi connectivity index (χ4n) is 3.00. The molecule has 1 aliphatic heterocycles. The van der Waals surface area contributed by atoms with E-state index < -0.39 is 0 Å². The molecule has 160 valence electrons. The lowest BCUT2D eigenvalue weighted by Gasteiger charge is -2.21. The highest BCUT2D eigenvalue weighted by molar-refractivity contribution is 14.0. The summed E-state index contributed by atoms with van der Waals surface area (Å²) in [5, 5.41) is 7.85. The molecule has 1 saturated heterocycles. The van der Waals surface area contributed by atoms with Crippen LogP contribution in [0.1, 0.15) is 30.1 Å². The molecule has 2 N–H and O–H groups in total. The highest BCUT2D eigenvalue weighted by Gasteiger charge is 2.13. The summed E-state index contributed by atoms with van der Waals surface area (Å²) < 4.78 is 11.2. The number of halogens is 2. The first kappa shape index (κ1) is 25.8. The molecule has 0 aliphatic carbocycles.